The molecule has 0 atom stereocenters. The van der Waals surface area contributed by atoms with Gasteiger partial charge in [0, 0.05) is 17.6 Å². The molecule has 2 nitrogen and oxygen atoms in total. The second-order valence-electron chi connectivity index (χ2n) is 5.38. The Morgan fingerprint density at radius 1 is 1.35 bits per heavy atom. The molecule has 1 heterocycles. The van der Waals surface area contributed by atoms with Crippen LogP contribution in [0.5, 0.6) is 0 Å². The highest BCUT2D eigenvalue weighted by Crippen LogP contribution is 2.31. The third-order valence-corrected chi connectivity index (χ3v) is 4.36. The lowest BCUT2D eigenvalue weighted by atomic mass is 9.78. The summed E-state index contributed by atoms with van der Waals surface area (Å²) in [7, 11) is 0. The molecule has 0 unspecified atom stereocenters. The predicted octanol–water partition coefficient (Wildman–Crippen LogP) is 3.74. The Balaban J connectivity index is 2.55. The van der Waals surface area contributed by atoms with Gasteiger partial charge in [-0.25, -0.2) is 0 Å². The van der Waals surface area contributed by atoms with Crippen molar-refractivity contribution in [1.82, 2.24) is 10.3 Å². The Bertz CT molecular complexity index is 289. The first-order valence-electron chi connectivity index (χ1n) is 6.70. The van der Waals surface area contributed by atoms with Crippen LogP contribution in [0.4, 0.5) is 0 Å². The summed E-state index contributed by atoms with van der Waals surface area (Å²) in [6.45, 7) is 11.4. The van der Waals surface area contributed by atoms with Gasteiger partial charge < -0.3 is 5.32 Å². The van der Waals surface area contributed by atoms with Crippen LogP contribution >= 0.6 is 11.3 Å². The minimum Gasteiger partial charge on any atom is -0.316 e. The molecule has 0 aromatic carbocycles. The average Bonchev–Trinajstić information content (AvgIpc) is 2.80. The van der Waals surface area contributed by atoms with Crippen LogP contribution in [0, 0.1) is 11.3 Å². The zero-order valence-corrected chi connectivity index (χ0v) is 12.4. The van der Waals surface area contributed by atoms with Crippen LogP contribution in [-0.4, -0.2) is 18.1 Å². The third-order valence-electron chi connectivity index (χ3n) is 3.59. The van der Waals surface area contributed by atoms with Gasteiger partial charge in [-0.05, 0) is 37.1 Å². The van der Waals surface area contributed by atoms with Crippen LogP contribution in [0.15, 0.2) is 11.7 Å². The van der Waals surface area contributed by atoms with Gasteiger partial charge in [0.05, 0.1) is 5.51 Å². The zero-order valence-electron chi connectivity index (χ0n) is 11.6. The van der Waals surface area contributed by atoms with Crippen molar-refractivity contribution in [3.63, 3.8) is 0 Å². The molecule has 0 saturated carbocycles. The smallest absolute Gasteiger partial charge is 0.0794 e. The highest BCUT2D eigenvalue weighted by atomic mass is 32.1. The molecule has 1 aromatic rings. The van der Waals surface area contributed by atoms with E-state index in [1.165, 1.54) is 17.7 Å². The van der Waals surface area contributed by atoms with Crippen molar-refractivity contribution in [2.24, 2.45) is 11.3 Å². The lowest BCUT2D eigenvalue weighted by Crippen LogP contribution is -2.36. The first-order chi connectivity index (χ1) is 8.12. The molecule has 1 N–H and O–H groups in total. The molecular weight excluding hydrogens is 228 g/mol. The van der Waals surface area contributed by atoms with E-state index in [1.54, 1.807) is 11.3 Å². The van der Waals surface area contributed by atoms with Gasteiger partial charge in [0.1, 0.15) is 0 Å². The van der Waals surface area contributed by atoms with E-state index < -0.39 is 0 Å². The summed E-state index contributed by atoms with van der Waals surface area (Å²) < 4.78 is 0. The van der Waals surface area contributed by atoms with Crippen molar-refractivity contribution in [2.45, 2.75) is 47.0 Å². The monoisotopic (exact) mass is 254 g/mol. The van der Waals surface area contributed by atoms with Gasteiger partial charge in [-0.15, -0.1) is 11.3 Å². The maximum absolute atomic E-state index is 4.18. The van der Waals surface area contributed by atoms with Gasteiger partial charge in [-0.2, -0.15) is 0 Å². The Hall–Kier alpha value is -0.410. The molecule has 1 aromatic heterocycles. The summed E-state index contributed by atoms with van der Waals surface area (Å²) in [5.41, 5.74) is 2.34. The molecule has 0 fully saturated rings. The second kappa shape index (κ2) is 7.12. The number of hydrogen-bond acceptors (Lipinski definition) is 3. The quantitative estimate of drug-likeness (QED) is 0.764. The molecule has 0 saturated heterocycles. The summed E-state index contributed by atoms with van der Waals surface area (Å²) in [6.07, 6.45) is 5.64. The number of thiazole rings is 1. The van der Waals surface area contributed by atoms with E-state index in [9.17, 15) is 0 Å². The SMILES string of the molecule is CCC(CC)(CNCC(C)C)Cc1cncs1. The van der Waals surface area contributed by atoms with E-state index >= 15 is 0 Å². The summed E-state index contributed by atoms with van der Waals surface area (Å²) in [4.78, 5) is 5.60. The van der Waals surface area contributed by atoms with E-state index in [2.05, 4.69) is 38.0 Å². The van der Waals surface area contributed by atoms with E-state index in [-0.39, 0.29) is 0 Å². The van der Waals surface area contributed by atoms with E-state index in [0.29, 0.717) is 5.41 Å². The fraction of sp³-hybridized carbons (Fsp3) is 0.786. The number of nitrogens with one attached hydrogen (secondary N) is 1. The largest absolute Gasteiger partial charge is 0.316 e. The average molecular weight is 254 g/mol. The summed E-state index contributed by atoms with van der Waals surface area (Å²) >= 11 is 1.78. The predicted molar refractivity (Wildman–Crippen MR) is 76.5 cm³/mol. The molecule has 0 amide bonds. The summed E-state index contributed by atoms with van der Waals surface area (Å²) in [6, 6.07) is 0. The van der Waals surface area contributed by atoms with Gasteiger partial charge in [0.15, 0.2) is 0 Å². The number of nitrogens with zero attached hydrogens (tertiary/aromatic N) is 1. The molecule has 0 aliphatic carbocycles. The number of aromatic nitrogens is 1. The van der Waals surface area contributed by atoms with Crippen LogP contribution in [0.3, 0.4) is 0 Å². The Kier molecular flexibility index (Phi) is 6.14. The van der Waals surface area contributed by atoms with Gasteiger partial charge in [0.2, 0.25) is 0 Å². The van der Waals surface area contributed by atoms with Crippen molar-refractivity contribution >= 4 is 11.3 Å². The molecule has 17 heavy (non-hydrogen) atoms. The fourth-order valence-electron chi connectivity index (χ4n) is 2.14. The van der Waals surface area contributed by atoms with Crippen LogP contribution in [0.25, 0.3) is 0 Å². The number of hydrogen-bond donors (Lipinski definition) is 1. The molecule has 0 bridgehead atoms. The first kappa shape index (κ1) is 14.7. The summed E-state index contributed by atoms with van der Waals surface area (Å²) in [5, 5.41) is 3.62. The maximum atomic E-state index is 4.18. The van der Waals surface area contributed by atoms with Gasteiger partial charge in [0.25, 0.3) is 0 Å². The lowest BCUT2D eigenvalue weighted by Gasteiger charge is -2.32. The van der Waals surface area contributed by atoms with Crippen molar-refractivity contribution in [1.29, 1.82) is 0 Å². The highest BCUT2D eigenvalue weighted by molar-refractivity contribution is 7.09. The summed E-state index contributed by atoms with van der Waals surface area (Å²) in [5.74, 6) is 0.727. The van der Waals surface area contributed by atoms with Crippen LogP contribution < -0.4 is 5.32 Å². The van der Waals surface area contributed by atoms with Crippen LogP contribution in [-0.2, 0) is 6.42 Å². The normalized spacial score (nSPS) is 12.3. The molecule has 0 aliphatic rings. The molecule has 98 valence electrons. The van der Waals surface area contributed by atoms with Crippen LogP contribution in [0.2, 0.25) is 0 Å². The van der Waals surface area contributed by atoms with E-state index in [4.69, 9.17) is 0 Å². The third kappa shape index (κ3) is 4.76. The fourth-order valence-corrected chi connectivity index (χ4v) is 2.91. The number of rotatable bonds is 8. The molecule has 0 aliphatic heterocycles. The van der Waals surface area contributed by atoms with E-state index in [1.807, 2.05) is 11.7 Å². The topological polar surface area (TPSA) is 24.9 Å². The highest BCUT2D eigenvalue weighted by Gasteiger charge is 2.26. The zero-order chi connectivity index (χ0) is 12.7. The van der Waals surface area contributed by atoms with Crippen molar-refractivity contribution in [2.75, 3.05) is 13.1 Å². The molecule has 3 heteroatoms. The van der Waals surface area contributed by atoms with Crippen molar-refractivity contribution < 1.29 is 0 Å². The molecule has 1 rings (SSSR count). The second-order valence-corrected chi connectivity index (χ2v) is 6.35. The minimum atomic E-state index is 0.404. The molecular formula is C14H26N2S. The van der Waals surface area contributed by atoms with Gasteiger partial charge in [-0.1, -0.05) is 27.7 Å². The Morgan fingerprint density at radius 2 is 2.06 bits per heavy atom. The Morgan fingerprint density at radius 3 is 2.53 bits per heavy atom. The maximum Gasteiger partial charge on any atom is 0.0794 e. The molecule has 0 radical (unpaired) electrons. The standard InChI is InChI=1S/C14H26N2S/c1-5-14(6-2,10-15-8-12(3)4)7-13-9-16-11-17-13/h9,11-12,15H,5-8,10H2,1-4H3. The van der Waals surface area contributed by atoms with E-state index in [0.717, 1.165) is 25.4 Å². The van der Waals surface area contributed by atoms with Crippen LogP contribution in [0.1, 0.15) is 45.4 Å². The van der Waals surface area contributed by atoms with Gasteiger partial charge in [-0.3, -0.25) is 4.98 Å². The molecule has 0 spiro atoms. The van der Waals surface area contributed by atoms with Crippen molar-refractivity contribution in [3.8, 4) is 0 Å². The van der Waals surface area contributed by atoms with Gasteiger partial charge >= 0.3 is 0 Å². The first-order valence-corrected chi connectivity index (χ1v) is 7.58. The lowest BCUT2D eigenvalue weighted by molar-refractivity contribution is 0.244. The Labute approximate surface area is 110 Å². The minimum absolute atomic E-state index is 0.404. The van der Waals surface area contributed by atoms with Crippen molar-refractivity contribution in [3.05, 3.63) is 16.6 Å².